The van der Waals surface area contributed by atoms with Crippen LogP contribution in [0.2, 0.25) is 0 Å². The topological polar surface area (TPSA) is 72.3 Å². The quantitative estimate of drug-likeness (QED) is 0.706. The highest BCUT2D eigenvalue weighted by Crippen LogP contribution is 2.08. The van der Waals surface area contributed by atoms with E-state index in [-0.39, 0.29) is 18.2 Å². The summed E-state index contributed by atoms with van der Waals surface area (Å²) in [7, 11) is 0. The van der Waals surface area contributed by atoms with Crippen LogP contribution in [-0.2, 0) is 0 Å². The van der Waals surface area contributed by atoms with Crippen molar-refractivity contribution in [1.29, 1.82) is 0 Å². The first-order valence-corrected chi connectivity index (χ1v) is 3.78. The van der Waals surface area contributed by atoms with Gasteiger partial charge >= 0.3 is 12.0 Å². The third-order valence-corrected chi connectivity index (χ3v) is 1.47. The molecule has 0 aromatic carbocycles. The van der Waals surface area contributed by atoms with Gasteiger partial charge in [0, 0.05) is 6.20 Å². The predicted octanol–water partition coefficient (Wildman–Crippen LogP) is 0.495. The van der Waals surface area contributed by atoms with Crippen molar-refractivity contribution < 1.29 is 14.6 Å². The molecule has 0 aliphatic heterocycles. The van der Waals surface area contributed by atoms with Crippen LogP contribution in [0.1, 0.15) is 16.1 Å². The lowest BCUT2D eigenvalue weighted by Gasteiger charge is -2.02. The number of terminal acetylenes is 1. The Morgan fingerprint density at radius 3 is 3.00 bits per heavy atom. The second kappa shape index (κ2) is 4.23. The monoisotopic (exact) mass is 192 g/mol. The number of ether oxygens (including phenoxy) is 1. The van der Waals surface area contributed by atoms with Crippen molar-refractivity contribution in [1.82, 2.24) is 9.97 Å². The number of aromatic carboxylic acids is 1. The summed E-state index contributed by atoms with van der Waals surface area (Å²) < 4.78 is 4.92. The van der Waals surface area contributed by atoms with Gasteiger partial charge in [-0.15, -0.1) is 6.42 Å². The maximum atomic E-state index is 10.6. The molecule has 1 heterocycles. The Morgan fingerprint density at radius 1 is 1.79 bits per heavy atom. The molecule has 0 aliphatic rings. The summed E-state index contributed by atoms with van der Waals surface area (Å²) in [6, 6.07) is 0.0884. The molecule has 5 nitrogen and oxygen atoms in total. The van der Waals surface area contributed by atoms with Crippen LogP contribution in [0.25, 0.3) is 0 Å². The van der Waals surface area contributed by atoms with E-state index in [1.54, 1.807) is 6.92 Å². The number of rotatable bonds is 3. The zero-order chi connectivity index (χ0) is 10.6. The van der Waals surface area contributed by atoms with E-state index in [0.29, 0.717) is 5.69 Å². The molecule has 0 saturated carbocycles. The fraction of sp³-hybridized carbons (Fsp3) is 0.222. The predicted molar refractivity (Wildman–Crippen MR) is 48.1 cm³/mol. The molecule has 1 aromatic heterocycles. The van der Waals surface area contributed by atoms with E-state index in [0.717, 1.165) is 0 Å². The number of carboxylic acids is 1. The van der Waals surface area contributed by atoms with E-state index in [2.05, 4.69) is 15.9 Å². The van der Waals surface area contributed by atoms with Crippen LogP contribution in [0.4, 0.5) is 0 Å². The average molecular weight is 192 g/mol. The molecule has 5 heteroatoms. The molecule has 0 saturated heterocycles. The molecule has 14 heavy (non-hydrogen) atoms. The summed E-state index contributed by atoms with van der Waals surface area (Å²) in [6.07, 6.45) is 6.16. The largest absolute Gasteiger partial charge is 0.478 e. The van der Waals surface area contributed by atoms with Crippen LogP contribution in [0.3, 0.4) is 0 Å². The summed E-state index contributed by atoms with van der Waals surface area (Å²) in [5.74, 6) is 1.19. The molecule has 0 aliphatic carbocycles. The second-order valence-electron chi connectivity index (χ2n) is 2.45. The van der Waals surface area contributed by atoms with Gasteiger partial charge in [-0.3, -0.25) is 0 Å². The average Bonchev–Trinajstić information content (AvgIpc) is 2.14. The lowest BCUT2D eigenvalue weighted by atomic mass is 10.2. The molecule has 0 radical (unpaired) electrons. The van der Waals surface area contributed by atoms with Crippen molar-refractivity contribution in [3.05, 3.63) is 17.5 Å². The molecule has 0 spiro atoms. The van der Waals surface area contributed by atoms with Crippen LogP contribution in [0, 0.1) is 19.3 Å². The minimum atomic E-state index is -1.06. The molecule has 0 amide bonds. The van der Waals surface area contributed by atoms with Crippen LogP contribution in [0.5, 0.6) is 6.01 Å². The Kier molecular flexibility index (Phi) is 3.02. The van der Waals surface area contributed by atoms with Gasteiger partial charge in [0.1, 0.15) is 0 Å². The lowest BCUT2D eigenvalue weighted by Crippen LogP contribution is -2.06. The number of aryl methyl sites for hydroxylation is 1. The lowest BCUT2D eigenvalue weighted by molar-refractivity contribution is 0.0695. The number of carboxylic acid groups (broad SMARTS) is 1. The van der Waals surface area contributed by atoms with Crippen LogP contribution in [-0.4, -0.2) is 27.7 Å². The summed E-state index contributed by atoms with van der Waals surface area (Å²) in [6.45, 7) is 1.62. The van der Waals surface area contributed by atoms with Crippen LogP contribution < -0.4 is 4.74 Å². The van der Waals surface area contributed by atoms with Gasteiger partial charge in [0.05, 0.1) is 11.3 Å². The van der Waals surface area contributed by atoms with Crippen molar-refractivity contribution in [2.75, 3.05) is 6.61 Å². The third kappa shape index (κ3) is 2.20. The molecule has 1 N–H and O–H groups in total. The highest BCUT2D eigenvalue weighted by Gasteiger charge is 2.09. The molecule has 0 unspecified atom stereocenters. The summed E-state index contributed by atoms with van der Waals surface area (Å²) in [4.78, 5) is 18.1. The van der Waals surface area contributed by atoms with Crippen molar-refractivity contribution in [3.8, 4) is 18.4 Å². The Balaban J connectivity index is 2.90. The Bertz CT molecular complexity index is 396. The SMILES string of the molecule is C#CCOc1ncc(C(=O)O)c(C)n1. The Labute approximate surface area is 80.8 Å². The molecule has 0 atom stereocenters. The van der Waals surface area contributed by atoms with Crippen LogP contribution >= 0.6 is 0 Å². The van der Waals surface area contributed by atoms with E-state index in [1.165, 1.54) is 6.20 Å². The van der Waals surface area contributed by atoms with Gasteiger partial charge < -0.3 is 9.84 Å². The zero-order valence-corrected chi connectivity index (χ0v) is 7.52. The molecular weight excluding hydrogens is 184 g/mol. The molecule has 0 bridgehead atoms. The number of aromatic nitrogens is 2. The second-order valence-corrected chi connectivity index (χ2v) is 2.45. The molecule has 0 fully saturated rings. The standard InChI is InChI=1S/C9H8N2O3/c1-3-4-14-9-10-5-7(8(12)13)6(2)11-9/h1,5H,4H2,2H3,(H,12,13). The normalized spacial score (nSPS) is 9.14. The van der Waals surface area contributed by atoms with E-state index in [1.807, 2.05) is 0 Å². The van der Waals surface area contributed by atoms with Gasteiger partial charge in [-0.1, -0.05) is 5.92 Å². The Morgan fingerprint density at radius 2 is 2.50 bits per heavy atom. The van der Waals surface area contributed by atoms with E-state index >= 15 is 0 Å². The maximum Gasteiger partial charge on any atom is 0.339 e. The van der Waals surface area contributed by atoms with Gasteiger partial charge in [0.2, 0.25) is 0 Å². The zero-order valence-electron chi connectivity index (χ0n) is 7.52. The van der Waals surface area contributed by atoms with Gasteiger partial charge in [0.25, 0.3) is 0 Å². The highest BCUT2D eigenvalue weighted by molar-refractivity contribution is 5.88. The highest BCUT2D eigenvalue weighted by atomic mass is 16.5. The van der Waals surface area contributed by atoms with Gasteiger partial charge in [0.15, 0.2) is 6.61 Å². The first kappa shape index (κ1) is 9.99. The van der Waals surface area contributed by atoms with Crippen molar-refractivity contribution in [2.45, 2.75) is 6.92 Å². The van der Waals surface area contributed by atoms with Crippen molar-refractivity contribution in [2.24, 2.45) is 0 Å². The molecule has 72 valence electrons. The van der Waals surface area contributed by atoms with Gasteiger partial charge in [-0.25, -0.2) is 9.78 Å². The number of hydrogen-bond donors (Lipinski definition) is 1. The summed E-state index contributed by atoms with van der Waals surface area (Å²) >= 11 is 0. The molecular formula is C9H8N2O3. The first-order valence-electron chi connectivity index (χ1n) is 3.78. The smallest absolute Gasteiger partial charge is 0.339 e. The third-order valence-electron chi connectivity index (χ3n) is 1.47. The van der Waals surface area contributed by atoms with Crippen molar-refractivity contribution >= 4 is 5.97 Å². The minimum Gasteiger partial charge on any atom is -0.478 e. The van der Waals surface area contributed by atoms with E-state index in [9.17, 15) is 4.79 Å². The Hall–Kier alpha value is -2.09. The molecule has 1 aromatic rings. The number of carbonyl (C=O) groups is 1. The fourth-order valence-corrected chi connectivity index (χ4v) is 0.831. The summed E-state index contributed by atoms with van der Waals surface area (Å²) in [5, 5.41) is 8.68. The fourth-order valence-electron chi connectivity index (χ4n) is 0.831. The van der Waals surface area contributed by atoms with Gasteiger partial charge in [-0.2, -0.15) is 4.98 Å². The van der Waals surface area contributed by atoms with Crippen molar-refractivity contribution in [3.63, 3.8) is 0 Å². The molecule has 1 rings (SSSR count). The van der Waals surface area contributed by atoms with E-state index < -0.39 is 5.97 Å². The van der Waals surface area contributed by atoms with Crippen LogP contribution in [0.15, 0.2) is 6.20 Å². The summed E-state index contributed by atoms with van der Waals surface area (Å²) in [5.41, 5.74) is 0.401. The first-order chi connectivity index (χ1) is 6.65. The van der Waals surface area contributed by atoms with E-state index in [4.69, 9.17) is 16.3 Å². The number of nitrogens with zero attached hydrogens (tertiary/aromatic N) is 2. The van der Waals surface area contributed by atoms with Gasteiger partial charge in [-0.05, 0) is 6.92 Å². The maximum absolute atomic E-state index is 10.6. The minimum absolute atomic E-state index is 0.0538. The number of hydrogen-bond acceptors (Lipinski definition) is 4.